The maximum absolute atomic E-state index is 12.4. The summed E-state index contributed by atoms with van der Waals surface area (Å²) in [4.78, 5) is 45.6. The second-order valence-electron chi connectivity index (χ2n) is 9.20. The number of aromatic amines is 1. The van der Waals surface area contributed by atoms with Crippen LogP contribution in [0, 0.1) is 6.92 Å². The van der Waals surface area contributed by atoms with Crippen LogP contribution < -0.4 is 16.6 Å². The molecule has 14 heteroatoms. The molecule has 3 rings (SSSR count). The minimum Gasteiger partial charge on any atom is -0.481 e. The van der Waals surface area contributed by atoms with Gasteiger partial charge in [0, 0.05) is 25.2 Å². The number of aromatic nitrogens is 4. The van der Waals surface area contributed by atoms with Crippen molar-refractivity contribution in [3.05, 3.63) is 38.5 Å². The molecule has 1 aromatic carbocycles. The monoisotopic (exact) mass is 535 g/mol. The number of anilines is 1. The Labute approximate surface area is 216 Å². The fraction of sp³-hybridized carbons (Fsp3) is 0.542. The summed E-state index contributed by atoms with van der Waals surface area (Å²) >= 11 is 0. The largest absolute Gasteiger partial charge is 0.481 e. The summed E-state index contributed by atoms with van der Waals surface area (Å²) in [5.41, 5.74) is 0.733. The predicted molar refractivity (Wildman–Crippen MR) is 136 cm³/mol. The molecule has 8 N–H and O–H groups in total. The third-order valence-corrected chi connectivity index (χ3v) is 6.30. The summed E-state index contributed by atoms with van der Waals surface area (Å²) < 4.78 is 1.70. The third kappa shape index (κ3) is 6.90. The molecule has 4 atom stereocenters. The molecule has 2 aliphatic heterocycles. The topological polar surface area (TPSA) is 231 Å². The van der Waals surface area contributed by atoms with Gasteiger partial charge in [-0.05, 0) is 37.5 Å². The second kappa shape index (κ2) is 12.9. The molecule has 0 radical (unpaired) electrons. The zero-order chi connectivity index (χ0) is 28.0. The summed E-state index contributed by atoms with van der Waals surface area (Å²) in [7, 11) is 0. The Morgan fingerprint density at radius 2 is 1.71 bits per heavy atom. The average molecular weight is 536 g/mol. The first-order chi connectivity index (χ1) is 18.0. The number of rotatable bonds is 14. The van der Waals surface area contributed by atoms with E-state index >= 15 is 0 Å². The number of nitrogens with zero attached hydrogens (tertiary/aromatic N) is 3. The second-order valence-corrected chi connectivity index (χ2v) is 9.20. The number of hydrogen-bond acceptors (Lipinski definition) is 11. The predicted octanol–water partition coefficient (Wildman–Crippen LogP) is -1.22. The Bertz CT molecular complexity index is 1340. The quantitative estimate of drug-likeness (QED) is 0.0896. The number of carboxylic acid groups (broad SMARTS) is 1. The van der Waals surface area contributed by atoms with Gasteiger partial charge >= 0.3 is 11.7 Å². The van der Waals surface area contributed by atoms with Gasteiger partial charge < -0.3 is 40.5 Å². The van der Waals surface area contributed by atoms with Crippen molar-refractivity contribution < 1.29 is 35.4 Å². The molecule has 38 heavy (non-hydrogen) atoms. The van der Waals surface area contributed by atoms with Crippen LogP contribution >= 0.6 is 0 Å². The number of carboxylic acids is 1. The first-order valence-electron chi connectivity index (χ1n) is 12.3. The van der Waals surface area contributed by atoms with Gasteiger partial charge in [0.25, 0.3) is 5.56 Å². The molecule has 0 bridgehead atoms. The highest BCUT2D eigenvalue weighted by atomic mass is 16.4. The van der Waals surface area contributed by atoms with Crippen molar-refractivity contribution in [3.8, 4) is 11.5 Å². The van der Waals surface area contributed by atoms with Crippen LogP contribution in [-0.4, -0.2) is 93.7 Å². The molecule has 0 unspecified atom stereocenters. The van der Waals surface area contributed by atoms with E-state index in [4.69, 9.17) is 10.2 Å². The highest BCUT2D eigenvalue weighted by Gasteiger charge is 2.30. The lowest BCUT2D eigenvalue weighted by atomic mass is 10.0. The molecular weight excluding hydrogens is 502 g/mol. The van der Waals surface area contributed by atoms with Crippen molar-refractivity contribution in [2.24, 2.45) is 0 Å². The first kappa shape index (κ1) is 29.1. The number of hydrogen-bond donors (Lipinski definition) is 8. The first-order valence-corrected chi connectivity index (χ1v) is 12.3. The molecule has 208 valence electrons. The smallest absolute Gasteiger partial charge is 0.349 e. The Morgan fingerprint density at radius 3 is 2.39 bits per heavy atom. The van der Waals surface area contributed by atoms with Gasteiger partial charge in [-0.3, -0.25) is 14.6 Å². The number of aryl methyl sites for hydroxylation is 2. The van der Waals surface area contributed by atoms with Gasteiger partial charge in [-0.25, -0.2) is 9.78 Å². The van der Waals surface area contributed by atoms with Gasteiger partial charge in [0.15, 0.2) is 11.5 Å². The Hall–Kier alpha value is -3.43. The summed E-state index contributed by atoms with van der Waals surface area (Å²) in [6, 6.07) is 3.41. The van der Waals surface area contributed by atoms with E-state index < -0.39 is 48.2 Å². The van der Waals surface area contributed by atoms with Gasteiger partial charge in [0.2, 0.25) is 0 Å². The highest BCUT2D eigenvalue weighted by Crippen LogP contribution is 2.27. The van der Waals surface area contributed by atoms with Crippen LogP contribution in [0.5, 0.6) is 0 Å². The standard InChI is InChI=1S/C24H33N5O9/c1-12-8-14-15(9-13(12)25-10-16(31)20(35)21(36)17(32)11-30)29(7-5-3-2-4-6-18(33)34)22-19(26-14)23(37)28-24(38)27-22/h8-9,16-17,20-21,25,30-32,35-36H,2-7,10-11H2,1H3,(H,33,34)(H,28,37,38)/t16-,17+,20+,21+/m0/s1. The molecule has 0 fully saturated rings. The van der Waals surface area contributed by atoms with E-state index in [0.29, 0.717) is 54.5 Å². The zero-order valence-corrected chi connectivity index (χ0v) is 20.9. The fourth-order valence-corrected chi connectivity index (χ4v) is 4.16. The lowest BCUT2D eigenvalue weighted by molar-refractivity contribution is -0.137. The molecule has 2 aliphatic rings. The molecular formula is C24H33N5O9. The van der Waals surface area contributed by atoms with Crippen LogP contribution in [0.2, 0.25) is 0 Å². The van der Waals surface area contributed by atoms with Crippen LogP contribution in [0.25, 0.3) is 22.6 Å². The summed E-state index contributed by atoms with van der Waals surface area (Å²) in [5.74, 6) is -0.757. The van der Waals surface area contributed by atoms with Gasteiger partial charge in [0.1, 0.15) is 18.3 Å². The molecule has 14 nitrogen and oxygen atoms in total. The lowest BCUT2D eigenvalue weighted by Crippen LogP contribution is -2.48. The van der Waals surface area contributed by atoms with Crippen LogP contribution in [0.15, 0.2) is 21.7 Å². The number of fused-ring (bicyclic) bond motifs is 2. The number of unbranched alkanes of at least 4 members (excludes halogenated alkanes) is 3. The molecule has 0 aromatic heterocycles. The average Bonchev–Trinajstić information content (AvgIpc) is 2.87. The number of nitrogens with one attached hydrogen (secondary N) is 2. The van der Waals surface area contributed by atoms with Gasteiger partial charge in [-0.1, -0.05) is 12.8 Å². The Kier molecular flexibility index (Phi) is 9.88. The minimum absolute atomic E-state index is 0.00180. The maximum atomic E-state index is 12.4. The SMILES string of the molecule is Cc1cc2nc3c(=O)[nH]c(=O)nc-3n(CCCCCCC(=O)O)c2cc1NC[C@H](O)[C@@H](O)[C@H](O)[C@H](O)CO. The molecule has 2 heterocycles. The number of benzene rings is 1. The number of carbonyl (C=O) groups is 1. The van der Waals surface area contributed by atoms with E-state index in [1.807, 2.05) is 0 Å². The number of aliphatic hydroxyl groups excluding tert-OH is 5. The normalized spacial score (nSPS) is 14.9. The summed E-state index contributed by atoms with van der Waals surface area (Å²) in [6.45, 7) is 1.13. The highest BCUT2D eigenvalue weighted by molar-refractivity contribution is 5.84. The van der Waals surface area contributed by atoms with E-state index in [9.17, 15) is 34.8 Å². The van der Waals surface area contributed by atoms with Crippen molar-refractivity contribution in [1.82, 2.24) is 19.5 Å². The maximum Gasteiger partial charge on any atom is 0.349 e. The summed E-state index contributed by atoms with van der Waals surface area (Å²) in [5, 5.41) is 60.4. The van der Waals surface area contributed by atoms with E-state index in [1.165, 1.54) is 0 Å². The number of aliphatic hydroxyl groups is 5. The molecule has 0 amide bonds. The molecule has 1 aromatic rings. The summed E-state index contributed by atoms with van der Waals surface area (Å²) in [6.07, 6.45) is -3.96. The van der Waals surface area contributed by atoms with E-state index in [0.717, 1.165) is 0 Å². The zero-order valence-electron chi connectivity index (χ0n) is 20.9. The molecule has 0 aliphatic carbocycles. The van der Waals surface area contributed by atoms with Crippen molar-refractivity contribution in [1.29, 1.82) is 0 Å². The van der Waals surface area contributed by atoms with E-state index in [-0.39, 0.29) is 24.5 Å². The van der Waals surface area contributed by atoms with Crippen molar-refractivity contribution >= 4 is 22.7 Å². The fourth-order valence-electron chi connectivity index (χ4n) is 4.16. The molecule has 0 saturated carbocycles. The van der Waals surface area contributed by atoms with E-state index in [2.05, 4.69) is 20.3 Å². The van der Waals surface area contributed by atoms with Gasteiger partial charge in [-0.2, -0.15) is 4.98 Å². The van der Waals surface area contributed by atoms with Crippen molar-refractivity contribution in [2.45, 2.75) is 70.0 Å². The minimum atomic E-state index is -1.76. The van der Waals surface area contributed by atoms with Crippen molar-refractivity contribution in [3.63, 3.8) is 0 Å². The van der Waals surface area contributed by atoms with Crippen molar-refractivity contribution in [2.75, 3.05) is 18.5 Å². The lowest BCUT2D eigenvalue weighted by Gasteiger charge is -2.26. The van der Waals surface area contributed by atoms with Gasteiger partial charge in [-0.15, -0.1) is 0 Å². The number of aliphatic carboxylic acids is 1. The van der Waals surface area contributed by atoms with Crippen LogP contribution in [0.3, 0.4) is 0 Å². The van der Waals surface area contributed by atoms with Crippen LogP contribution in [0.1, 0.15) is 37.7 Å². The van der Waals surface area contributed by atoms with Gasteiger partial charge in [0.05, 0.1) is 23.7 Å². The van der Waals surface area contributed by atoms with E-state index in [1.54, 1.807) is 23.6 Å². The van der Waals surface area contributed by atoms with Crippen LogP contribution in [-0.2, 0) is 11.3 Å². The molecule has 0 spiro atoms. The Morgan fingerprint density at radius 1 is 1.03 bits per heavy atom. The third-order valence-electron chi connectivity index (χ3n) is 6.30. The van der Waals surface area contributed by atoms with Crippen LogP contribution in [0.4, 0.5) is 5.69 Å². The molecule has 0 saturated heterocycles. The number of H-pyrrole nitrogens is 1. The Balaban J connectivity index is 1.91.